The number of aromatic amines is 1. The second-order valence-corrected chi connectivity index (χ2v) is 7.58. The number of likely N-dealkylation sites (tertiary alicyclic amines) is 1. The summed E-state index contributed by atoms with van der Waals surface area (Å²) in [6.45, 7) is 1.19. The predicted octanol–water partition coefficient (Wildman–Crippen LogP) is 1.30. The van der Waals surface area contributed by atoms with Gasteiger partial charge in [0.15, 0.2) is 0 Å². The minimum Gasteiger partial charge on any atom is -0.353 e. The molecule has 1 atom stereocenters. The number of benzene rings is 1. The number of H-pyrrole nitrogens is 1. The number of hydrogen-bond donors (Lipinski definition) is 2. The molecule has 2 heterocycles. The molecule has 1 fully saturated rings. The van der Waals surface area contributed by atoms with Crippen LogP contribution in [0.4, 0.5) is 0 Å². The molecule has 1 aromatic carbocycles. The van der Waals surface area contributed by atoms with Gasteiger partial charge in [-0.05, 0) is 49.8 Å². The van der Waals surface area contributed by atoms with E-state index in [1.54, 1.807) is 6.07 Å². The summed E-state index contributed by atoms with van der Waals surface area (Å²) < 4.78 is 0. The largest absolute Gasteiger partial charge is 0.353 e. The molecule has 1 saturated heterocycles. The van der Waals surface area contributed by atoms with Gasteiger partial charge >= 0.3 is 0 Å². The van der Waals surface area contributed by atoms with Crippen LogP contribution in [0.2, 0.25) is 0 Å². The Kier molecular flexibility index (Phi) is 5.23. The topological polar surface area (TPSA) is 95.2 Å². The highest BCUT2D eigenvalue weighted by Crippen LogP contribution is 2.22. The first-order chi connectivity index (χ1) is 13.6. The second kappa shape index (κ2) is 7.96. The van der Waals surface area contributed by atoms with Crippen molar-refractivity contribution >= 4 is 11.8 Å². The average Bonchev–Trinajstić information content (AvgIpc) is 2.73. The summed E-state index contributed by atoms with van der Waals surface area (Å²) in [5.74, 6) is 0.0117. The highest BCUT2D eigenvalue weighted by atomic mass is 16.2. The lowest BCUT2D eigenvalue weighted by Crippen LogP contribution is -2.46. The Morgan fingerprint density at radius 2 is 1.86 bits per heavy atom. The minimum atomic E-state index is -0.207. The molecule has 1 aromatic heterocycles. The SMILES string of the molecule is O=C(N[C@@H]1CCc2n[nH]c(=O)cc2C1)C1CCN(C(=O)c2ccccc2)CC1. The number of nitrogens with one attached hydrogen (secondary N) is 2. The number of amides is 2. The molecule has 0 radical (unpaired) electrons. The first-order valence-electron chi connectivity index (χ1n) is 9.82. The maximum Gasteiger partial charge on any atom is 0.264 e. The van der Waals surface area contributed by atoms with Crippen LogP contribution >= 0.6 is 0 Å². The highest BCUT2D eigenvalue weighted by Gasteiger charge is 2.30. The number of hydrogen-bond acceptors (Lipinski definition) is 4. The van der Waals surface area contributed by atoms with Crippen molar-refractivity contribution in [3.8, 4) is 0 Å². The zero-order valence-electron chi connectivity index (χ0n) is 15.7. The quantitative estimate of drug-likeness (QED) is 0.839. The number of fused-ring (bicyclic) bond motifs is 1. The molecule has 0 saturated carbocycles. The van der Waals surface area contributed by atoms with E-state index in [9.17, 15) is 14.4 Å². The van der Waals surface area contributed by atoms with Crippen molar-refractivity contribution < 1.29 is 9.59 Å². The summed E-state index contributed by atoms with van der Waals surface area (Å²) in [6.07, 6.45) is 3.57. The number of carbonyl (C=O) groups is 2. The Labute approximate surface area is 163 Å². The van der Waals surface area contributed by atoms with Crippen LogP contribution in [0.15, 0.2) is 41.2 Å². The predicted molar refractivity (Wildman–Crippen MR) is 104 cm³/mol. The Morgan fingerprint density at radius 3 is 2.61 bits per heavy atom. The molecule has 146 valence electrons. The Balaban J connectivity index is 1.30. The Bertz CT molecular complexity index is 917. The first-order valence-corrected chi connectivity index (χ1v) is 9.82. The van der Waals surface area contributed by atoms with Gasteiger partial charge in [-0.3, -0.25) is 14.4 Å². The summed E-state index contributed by atoms with van der Waals surface area (Å²) in [4.78, 5) is 38.5. The van der Waals surface area contributed by atoms with Crippen LogP contribution in [0.25, 0.3) is 0 Å². The fourth-order valence-electron chi connectivity index (χ4n) is 4.09. The lowest BCUT2D eigenvalue weighted by atomic mass is 9.90. The van der Waals surface area contributed by atoms with Gasteiger partial charge in [0, 0.05) is 36.7 Å². The lowest BCUT2D eigenvalue weighted by molar-refractivity contribution is -0.127. The van der Waals surface area contributed by atoms with Crippen molar-refractivity contribution in [3.05, 3.63) is 63.6 Å². The number of rotatable bonds is 3. The van der Waals surface area contributed by atoms with Crippen LogP contribution < -0.4 is 10.9 Å². The van der Waals surface area contributed by atoms with Gasteiger partial charge in [-0.1, -0.05) is 18.2 Å². The van der Waals surface area contributed by atoms with Crippen LogP contribution in [0, 0.1) is 5.92 Å². The standard InChI is InChI=1S/C21H24N4O3/c26-19-13-16-12-17(6-7-18(16)23-24-19)22-20(27)14-8-10-25(11-9-14)21(28)15-4-2-1-3-5-15/h1-5,13-14,17H,6-12H2,(H,22,27)(H,24,26)/t17-/m1/s1. The van der Waals surface area contributed by atoms with E-state index in [0.29, 0.717) is 37.9 Å². The van der Waals surface area contributed by atoms with Gasteiger partial charge in [0.2, 0.25) is 5.91 Å². The molecule has 7 heteroatoms. The molecule has 0 bridgehead atoms. The molecular formula is C21H24N4O3. The number of nitrogens with zero attached hydrogens (tertiary/aromatic N) is 2. The van der Waals surface area contributed by atoms with Gasteiger partial charge < -0.3 is 10.2 Å². The molecular weight excluding hydrogens is 356 g/mol. The summed E-state index contributed by atoms with van der Waals surface area (Å²) in [5.41, 5.74) is 2.32. The third-order valence-corrected chi connectivity index (χ3v) is 5.69. The Hall–Kier alpha value is -2.96. The van der Waals surface area contributed by atoms with Gasteiger partial charge in [-0.25, -0.2) is 5.10 Å². The van der Waals surface area contributed by atoms with E-state index in [1.807, 2.05) is 35.2 Å². The Morgan fingerprint density at radius 1 is 1.11 bits per heavy atom. The third kappa shape index (κ3) is 3.98. The summed E-state index contributed by atoms with van der Waals surface area (Å²) in [6, 6.07) is 10.9. The molecule has 2 aromatic rings. The van der Waals surface area contributed by atoms with Crippen molar-refractivity contribution in [2.24, 2.45) is 5.92 Å². The van der Waals surface area contributed by atoms with Crippen LogP contribution in [0.1, 0.15) is 40.9 Å². The molecule has 2 aliphatic rings. The summed E-state index contributed by atoms with van der Waals surface area (Å²) >= 11 is 0. The first kappa shape index (κ1) is 18.4. The lowest BCUT2D eigenvalue weighted by Gasteiger charge is -2.33. The van der Waals surface area contributed by atoms with E-state index in [4.69, 9.17) is 0 Å². The molecule has 2 amide bonds. The van der Waals surface area contributed by atoms with E-state index < -0.39 is 0 Å². The number of piperidine rings is 1. The maximum absolute atomic E-state index is 12.7. The van der Waals surface area contributed by atoms with Crippen molar-refractivity contribution in [3.63, 3.8) is 0 Å². The molecule has 4 rings (SSSR count). The van der Waals surface area contributed by atoms with Gasteiger partial charge in [-0.15, -0.1) is 0 Å². The normalized spacial score (nSPS) is 19.7. The van der Waals surface area contributed by atoms with Gasteiger partial charge in [-0.2, -0.15) is 5.10 Å². The van der Waals surface area contributed by atoms with Crippen LogP contribution in [-0.2, 0) is 17.6 Å². The average molecular weight is 380 g/mol. The molecule has 7 nitrogen and oxygen atoms in total. The molecule has 0 unspecified atom stereocenters. The minimum absolute atomic E-state index is 0.0288. The van der Waals surface area contributed by atoms with Crippen molar-refractivity contribution in [2.45, 2.75) is 38.1 Å². The molecule has 2 N–H and O–H groups in total. The smallest absolute Gasteiger partial charge is 0.264 e. The van der Waals surface area contributed by atoms with E-state index in [-0.39, 0.29) is 29.3 Å². The zero-order valence-corrected chi connectivity index (χ0v) is 15.7. The summed E-state index contributed by atoms with van der Waals surface area (Å²) in [7, 11) is 0. The van der Waals surface area contributed by atoms with Crippen molar-refractivity contribution in [1.29, 1.82) is 0 Å². The van der Waals surface area contributed by atoms with Crippen molar-refractivity contribution in [1.82, 2.24) is 20.4 Å². The number of carbonyl (C=O) groups excluding carboxylic acids is 2. The van der Waals surface area contributed by atoms with Crippen LogP contribution in [-0.4, -0.2) is 46.0 Å². The summed E-state index contributed by atoms with van der Waals surface area (Å²) in [5, 5.41) is 9.69. The molecule has 0 spiro atoms. The monoisotopic (exact) mass is 380 g/mol. The van der Waals surface area contributed by atoms with E-state index in [0.717, 1.165) is 24.1 Å². The maximum atomic E-state index is 12.7. The molecule has 28 heavy (non-hydrogen) atoms. The van der Waals surface area contributed by atoms with Crippen LogP contribution in [0.3, 0.4) is 0 Å². The molecule has 1 aliphatic carbocycles. The van der Waals surface area contributed by atoms with Gasteiger partial charge in [0.1, 0.15) is 0 Å². The van der Waals surface area contributed by atoms with Crippen molar-refractivity contribution in [2.75, 3.05) is 13.1 Å². The fraction of sp³-hybridized carbons (Fsp3) is 0.429. The third-order valence-electron chi connectivity index (χ3n) is 5.69. The number of aromatic nitrogens is 2. The van der Waals surface area contributed by atoms with E-state index in [2.05, 4.69) is 15.5 Å². The van der Waals surface area contributed by atoms with Crippen LogP contribution in [0.5, 0.6) is 0 Å². The van der Waals surface area contributed by atoms with Gasteiger partial charge in [0.05, 0.1) is 5.69 Å². The number of aryl methyl sites for hydroxylation is 1. The fourth-order valence-corrected chi connectivity index (χ4v) is 4.09. The van der Waals surface area contributed by atoms with E-state index >= 15 is 0 Å². The van der Waals surface area contributed by atoms with Gasteiger partial charge in [0.25, 0.3) is 11.5 Å². The van der Waals surface area contributed by atoms with E-state index in [1.165, 1.54) is 0 Å². The highest BCUT2D eigenvalue weighted by molar-refractivity contribution is 5.94. The second-order valence-electron chi connectivity index (χ2n) is 7.58. The zero-order chi connectivity index (χ0) is 19.5. The molecule has 1 aliphatic heterocycles.